The number of aryl methyl sites for hydroxylation is 1. The molecule has 33 heavy (non-hydrogen) atoms. The third kappa shape index (κ3) is 3.51. The Balaban J connectivity index is 1.51. The number of halogens is 2. The first-order chi connectivity index (χ1) is 15.8. The largest absolute Gasteiger partial charge is 0.502 e. The van der Waals surface area contributed by atoms with Crippen molar-refractivity contribution in [1.29, 1.82) is 0 Å². The lowest BCUT2D eigenvalue weighted by Gasteiger charge is -2.54. The minimum atomic E-state index is -0.879. The van der Waals surface area contributed by atoms with Gasteiger partial charge < -0.3 is 10.0 Å². The van der Waals surface area contributed by atoms with Crippen LogP contribution in [0, 0.1) is 17.7 Å². The number of aromatic nitrogens is 1. The lowest BCUT2D eigenvalue weighted by molar-refractivity contribution is 0.0306. The summed E-state index contributed by atoms with van der Waals surface area (Å²) in [6.45, 7) is 0.676. The van der Waals surface area contributed by atoms with Gasteiger partial charge >= 0.3 is 0 Å². The van der Waals surface area contributed by atoms with E-state index in [9.17, 15) is 23.9 Å². The highest BCUT2D eigenvalue weighted by atomic mass is 35.5. The molecule has 1 aliphatic carbocycles. The van der Waals surface area contributed by atoms with E-state index in [2.05, 4.69) is 0 Å². The topological polar surface area (TPSA) is 82.9 Å². The number of pyridine rings is 1. The summed E-state index contributed by atoms with van der Waals surface area (Å²) >= 11 is 5.81. The number of Topliss-reactive ketones (excluding diaryl/α,β-unsaturated/α-hetero) is 1. The highest BCUT2D eigenvalue weighted by molar-refractivity contribution is 6.30. The predicted molar refractivity (Wildman–Crippen MR) is 121 cm³/mol. The Labute approximate surface area is 195 Å². The van der Waals surface area contributed by atoms with Crippen LogP contribution in [0.15, 0.2) is 29.2 Å². The number of nitrogens with zero attached hydrogens (tertiary/aromatic N) is 3. The van der Waals surface area contributed by atoms with E-state index >= 15 is 0 Å². The molecule has 3 aliphatic rings. The highest BCUT2D eigenvalue weighted by Crippen LogP contribution is 2.41. The number of benzene rings is 1. The van der Waals surface area contributed by atoms with Gasteiger partial charge in [-0.1, -0.05) is 30.2 Å². The van der Waals surface area contributed by atoms with E-state index < -0.39 is 28.7 Å². The zero-order chi connectivity index (χ0) is 23.4. The number of aromatic hydroxyl groups is 1. The molecule has 0 unspecified atom stereocenters. The van der Waals surface area contributed by atoms with Crippen LogP contribution < -0.4 is 10.4 Å². The average Bonchev–Trinajstić information content (AvgIpc) is 2.80. The summed E-state index contributed by atoms with van der Waals surface area (Å²) in [5.41, 5.74) is -0.921. The molecule has 2 aromatic rings. The van der Waals surface area contributed by atoms with Crippen molar-refractivity contribution in [2.45, 2.75) is 44.7 Å². The minimum absolute atomic E-state index is 0.0317. The van der Waals surface area contributed by atoms with Crippen molar-refractivity contribution in [2.75, 3.05) is 18.6 Å². The Bertz CT molecular complexity index is 1210. The zero-order valence-corrected chi connectivity index (χ0v) is 19.0. The maximum absolute atomic E-state index is 14.2. The van der Waals surface area contributed by atoms with E-state index in [0.717, 1.165) is 25.7 Å². The number of ketones is 1. The Morgan fingerprint density at radius 2 is 2.06 bits per heavy atom. The summed E-state index contributed by atoms with van der Waals surface area (Å²) in [7, 11) is 1.70. The van der Waals surface area contributed by atoms with Crippen LogP contribution in [0.5, 0.6) is 5.75 Å². The molecule has 1 amide bonds. The van der Waals surface area contributed by atoms with Crippen molar-refractivity contribution < 1.29 is 19.1 Å². The Morgan fingerprint density at radius 1 is 1.27 bits per heavy atom. The molecule has 0 spiro atoms. The fourth-order valence-corrected chi connectivity index (χ4v) is 5.91. The van der Waals surface area contributed by atoms with Gasteiger partial charge in [0.15, 0.2) is 17.2 Å². The molecule has 5 rings (SSSR count). The fourth-order valence-electron chi connectivity index (χ4n) is 5.72. The van der Waals surface area contributed by atoms with Gasteiger partial charge in [0.25, 0.3) is 5.91 Å². The fraction of sp³-hybridized carbons (Fsp3) is 0.458. The van der Waals surface area contributed by atoms with Crippen LogP contribution in [0.2, 0.25) is 5.02 Å². The van der Waals surface area contributed by atoms with Gasteiger partial charge in [-0.3, -0.25) is 24.1 Å². The van der Waals surface area contributed by atoms with Crippen molar-refractivity contribution >= 4 is 23.3 Å². The number of carbonyl (C=O) groups excluding carboxylic acids is 2. The van der Waals surface area contributed by atoms with Gasteiger partial charge in [-0.25, -0.2) is 4.39 Å². The maximum Gasteiger partial charge on any atom is 0.277 e. The Morgan fingerprint density at radius 3 is 2.85 bits per heavy atom. The van der Waals surface area contributed by atoms with Crippen LogP contribution in [0.3, 0.4) is 0 Å². The predicted octanol–water partition coefficient (Wildman–Crippen LogP) is 3.33. The van der Waals surface area contributed by atoms with Crippen molar-refractivity contribution in [3.05, 3.63) is 62.3 Å². The second kappa shape index (κ2) is 8.17. The first-order valence-electron chi connectivity index (χ1n) is 11.3. The summed E-state index contributed by atoms with van der Waals surface area (Å²) in [6, 6.07) is 4.56. The lowest BCUT2D eigenvalue weighted by Crippen LogP contribution is -2.67. The van der Waals surface area contributed by atoms with Crippen molar-refractivity contribution in [1.82, 2.24) is 9.58 Å². The number of rotatable bonds is 4. The number of hydrogen-bond acceptors (Lipinski definition) is 5. The molecule has 174 valence electrons. The zero-order valence-electron chi connectivity index (χ0n) is 18.3. The summed E-state index contributed by atoms with van der Waals surface area (Å²) in [5, 5.41) is 12.7. The van der Waals surface area contributed by atoms with Gasteiger partial charge in [0.1, 0.15) is 12.0 Å². The molecule has 2 bridgehead atoms. The molecule has 2 aliphatic heterocycles. The van der Waals surface area contributed by atoms with E-state index in [4.69, 9.17) is 11.6 Å². The van der Waals surface area contributed by atoms with Crippen LogP contribution >= 0.6 is 11.6 Å². The van der Waals surface area contributed by atoms with Gasteiger partial charge in [0, 0.05) is 26.2 Å². The molecular formula is C24H25ClFN3O4. The number of piperidine rings is 1. The molecule has 9 heteroatoms. The third-order valence-corrected chi connectivity index (χ3v) is 7.60. The van der Waals surface area contributed by atoms with Gasteiger partial charge in [-0.2, -0.15) is 0 Å². The minimum Gasteiger partial charge on any atom is -0.502 e. The Hall–Kier alpha value is -2.87. The molecule has 1 aromatic carbocycles. The molecule has 3 atom stereocenters. The first kappa shape index (κ1) is 21.9. The van der Waals surface area contributed by atoms with E-state index in [1.54, 1.807) is 18.0 Å². The standard InChI is InChI=1S/C24H25ClFN3O4/c1-27-23-15-6-2-4-13(10-15)11-29(23)28-12-16(21(31)22(32)20(28)24(27)33)18(30)9-8-14-5-3-7-17(25)19(14)26/h3,5,7,12-13,15,23,32H,2,4,6,8-11H2,1H3/t13-,15+,23+/m1/s1. The van der Waals surface area contributed by atoms with Gasteiger partial charge in [0.2, 0.25) is 5.43 Å². The van der Waals surface area contributed by atoms with E-state index in [0.29, 0.717) is 18.4 Å². The number of fused-ring (bicyclic) bond motifs is 6. The third-order valence-electron chi connectivity index (χ3n) is 7.31. The molecule has 3 heterocycles. The average molecular weight is 474 g/mol. The van der Waals surface area contributed by atoms with Gasteiger partial charge in [-0.05, 0) is 49.1 Å². The summed E-state index contributed by atoms with van der Waals surface area (Å²) in [5.74, 6) is -1.51. The monoisotopic (exact) mass is 473 g/mol. The van der Waals surface area contributed by atoms with Gasteiger partial charge in [0.05, 0.1) is 10.6 Å². The lowest BCUT2D eigenvalue weighted by atomic mass is 9.76. The first-order valence-corrected chi connectivity index (χ1v) is 11.6. The normalized spacial score (nSPS) is 23.8. The van der Waals surface area contributed by atoms with Crippen LogP contribution in [-0.2, 0) is 6.42 Å². The van der Waals surface area contributed by atoms with E-state index in [-0.39, 0.29) is 40.9 Å². The van der Waals surface area contributed by atoms with Crippen molar-refractivity contribution in [3.8, 4) is 5.75 Å². The molecule has 2 fully saturated rings. The number of hydrogen-bond donors (Lipinski definition) is 1. The van der Waals surface area contributed by atoms with Crippen LogP contribution in [0.1, 0.15) is 58.5 Å². The molecule has 1 aromatic heterocycles. The second-order valence-corrected chi connectivity index (χ2v) is 9.70. The van der Waals surface area contributed by atoms with E-state index in [1.807, 2.05) is 5.01 Å². The van der Waals surface area contributed by atoms with Gasteiger partial charge in [-0.15, -0.1) is 0 Å². The molecule has 0 radical (unpaired) electrons. The highest BCUT2D eigenvalue weighted by Gasteiger charge is 2.47. The maximum atomic E-state index is 14.2. The van der Waals surface area contributed by atoms with Crippen LogP contribution in [0.25, 0.3) is 0 Å². The molecular weight excluding hydrogens is 449 g/mol. The second-order valence-electron chi connectivity index (χ2n) is 9.29. The summed E-state index contributed by atoms with van der Waals surface area (Å²) in [4.78, 5) is 40.5. The Kier molecular flexibility index (Phi) is 5.43. The molecule has 1 N–H and O–H groups in total. The van der Waals surface area contributed by atoms with Crippen molar-refractivity contribution in [2.24, 2.45) is 11.8 Å². The SMILES string of the molecule is CN1C(=O)c2c(O)c(=O)c(C(=O)CCc3cccc(Cl)c3F)cn2N2C[C@@H]3CCC[C@@H](C3)[C@@H]12. The summed E-state index contributed by atoms with van der Waals surface area (Å²) in [6.07, 6.45) is 5.38. The number of carbonyl (C=O) groups is 2. The molecule has 1 saturated carbocycles. The smallest absolute Gasteiger partial charge is 0.277 e. The van der Waals surface area contributed by atoms with Crippen LogP contribution in [-0.4, -0.2) is 46.1 Å². The van der Waals surface area contributed by atoms with Crippen LogP contribution in [0.4, 0.5) is 4.39 Å². The van der Waals surface area contributed by atoms with Crippen molar-refractivity contribution in [3.63, 3.8) is 0 Å². The summed E-state index contributed by atoms with van der Waals surface area (Å²) < 4.78 is 15.7. The van der Waals surface area contributed by atoms with E-state index in [1.165, 1.54) is 23.0 Å². The molecule has 1 saturated heterocycles. The quantitative estimate of drug-likeness (QED) is 0.689. The number of amides is 1. The molecule has 7 nitrogen and oxygen atoms in total.